The molecule has 1 aromatic carbocycles. The molecule has 2 atom stereocenters. The van der Waals surface area contributed by atoms with Crippen LogP contribution in [0.5, 0.6) is 0 Å². The second-order valence-electron chi connectivity index (χ2n) is 7.32. The van der Waals surface area contributed by atoms with Gasteiger partial charge in [0.25, 0.3) is 5.91 Å². The molecule has 0 unspecified atom stereocenters. The molecular formula is C22H25NO5S. The number of methoxy groups -OCH3 is 1. The molecular weight excluding hydrogens is 390 g/mol. The van der Waals surface area contributed by atoms with Crippen molar-refractivity contribution < 1.29 is 23.9 Å². The van der Waals surface area contributed by atoms with Gasteiger partial charge in [0, 0.05) is 11.3 Å². The van der Waals surface area contributed by atoms with E-state index in [4.69, 9.17) is 9.47 Å². The Morgan fingerprint density at radius 2 is 2.00 bits per heavy atom. The molecule has 1 aliphatic rings. The van der Waals surface area contributed by atoms with Crippen molar-refractivity contribution in [3.05, 3.63) is 57.3 Å². The van der Waals surface area contributed by atoms with Gasteiger partial charge in [-0.25, -0.2) is 9.59 Å². The average Bonchev–Trinajstić information content (AvgIpc) is 3.15. The number of rotatable bonds is 7. The third-order valence-electron chi connectivity index (χ3n) is 4.97. The molecule has 1 aromatic heterocycles. The predicted octanol–water partition coefficient (Wildman–Crippen LogP) is 2.93. The van der Waals surface area contributed by atoms with Crippen LogP contribution in [0.4, 0.5) is 0 Å². The van der Waals surface area contributed by atoms with Crippen LogP contribution >= 0.6 is 11.3 Å². The fraction of sp³-hybridized carbons (Fsp3) is 0.409. The molecule has 154 valence electrons. The van der Waals surface area contributed by atoms with Gasteiger partial charge in [-0.05, 0) is 42.4 Å². The van der Waals surface area contributed by atoms with Crippen LogP contribution in [-0.4, -0.2) is 37.6 Å². The van der Waals surface area contributed by atoms with Crippen LogP contribution in [-0.2, 0) is 38.3 Å². The molecule has 0 aliphatic heterocycles. The highest BCUT2D eigenvalue weighted by atomic mass is 32.1. The monoisotopic (exact) mass is 415 g/mol. The molecule has 0 bridgehead atoms. The molecule has 0 spiro atoms. The molecule has 0 fully saturated rings. The number of esters is 2. The summed E-state index contributed by atoms with van der Waals surface area (Å²) in [5.41, 5.74) is 2.09. The molecule has 1 amide bonds. The molecule has 1 heterocycles. The van der Waals surface area contributed by atoms with E-state index in [2.05, 4.69) is 12.2 Å². The topological polar surface area (TPSA) is 81.7 Å². The van der Waals surface area contributed by atoms with Crippen molar-refractivity contribution >= 4 is 29.2 Å². The Hall–Kier alpha value is -2.67. The first kappa shape index (κ1) is 21.0. The van der Waals surface area contributed by atoms with Crippen molar-refractivity contribution in [1.29, 1.82) is 0 Å². The van der Waals surface area contributed by atoms with Crippen molar-refractivity contribution in [2.75, 3.05) is 13.7 Å². The first-order chi connectivity index (χ1) is 14.0. The molecule has 2 aromatic rings. The summed E-state index contributed by atoms with van der Waals surface area (Å²) in [6.07, 6.45) is 3.37. The van der Waals surface area contributed by atoms with Crippen LogP contribution in [0, 0.1) is 5.92 Å². The molecule has 29 heavy (non-hydrogen) atoms. The number of carbonyl (C=O) groups excluding carboxylic acids is 3. The lowest BCUT2D eigenvalue weighted by Gasteiger charge is -2.16. The number of hydrogen-bond acceptors (Lipinski definition) is 6. The summed E-state index contributed by atoms with van der Waals surface area (Å²) in [6.45, 7) is 1.76. The van der Waals surface area contributed by atoms with Crippen molar-refractivity contribution in [3.8, 4) is 0 Å². The molecule has 3 rings (SSSR count). The summed E-state index contributed by atoms with van der Waals surface area (Å²) < 4.78 is 9.94. The zero-order valence-corrected chi connectivity index (χ0v) is 17.4. The highest BCUT2D eigenvalue weighted by Crippen LogP contribution is 2.32. The summed E-state index contributed by atoms with van der Waals surface area (Å²) in [4.78, 5) is 38.3. The van der Waals surface area contributed by atoms with Crippen LogP contribution in [0.25, 0.3) is 0 Å². The van der Waals surface area contributed by atoms with E-state index in [1.54, 1.807) is 0 Å². The van der Waals surface area contributed by atoms with Gasteiger partial charge in [-0.15, -0.1) is 11.3 Å². The maximum absolute atomic E-state index is 12.3. The number of aryl methyl sites for hydroxylation is 1. The number of nitrogens with one attached hydrogen (secondary N) is 1. The SMILES string of the molecule is COC(=O)[C@H](Cc1ccccc1)NC(=O)COC(=O)c1cc2c(s1)CC[C@H](C)C2. The second kappa shape index (κ2) is 9.69. The fourth-order valence-electron chi connectivity index (χ4n) is 3.43. The molecule has 6 nitrogen and oxygen atoms in total. The molecule has 0 saturated carbocycles. The number of benzene rings is 1. The quantitative estimate of drug-likeness (QED) is 0.703. The minimum atomic E-state index is -0.843. The Balaban J connectivity index is 1.54. The number of carbonyl (C=O) groups is 3. The van der Waals surface area contributed by atoms with Gasteiger partial charge in [-0.3, -0.25) is 4.79 Å². The number of amides is 1. The smallest absolute Gasteiger partial charge is 0.348 e. The van der Waals surface area contributed by atoms with Gasteiger partial charge in [-0.2, -0.15) is 0 Å². The van der Waals surface area contributed by atoms with Crippen molar-refractivity contribution in [2.24, 2.45) is 5.92 Å². The van der Waals surface area contributed by atoms with Gasteiger partial charge >= 0.3 is 11.9 Å². The second-order valence-corrected chi connectivity index (χ2v) is 8.45. The maximum atomic E-state index is 12.3. The first-order valence-corrected chi connectivity index (χ1v) is 10.5. The summed E-state index contributed by atoms with van der Waals surface area (Å²) in [5, 5.41) is 2.59. The van der Waals surface area contributed by atoms with Crippen LogP contribution in [0.3, 0.4) is 0 Å². The lowest BCUT2D eigenvalue weighted by atomic mass is 9.90. The third kappa shape index (κ3) is 5.67. The van der Waals surface area contributed by atoms with Crippen LogP contribution in [0.1, 0.15) is 39.0 Å². The summed E-state index contributed by atoms with van der Waals surface area (Å²) in [6, 6.07) is 10.3. The number of ether oxygens (including phenoxy) is 2. The minimum absolute atomic E-state index is 0.295. The highest BCUT2D eigenvalue weighted by molar-refractivity contribution is 7.14. The number of fused-ring (bicyclic) bond motifs is 1. The summed E-state index contributed by atoms with van der Waals surface area (Å²) in [7, 11) is 1.27. The lowest BCUT2D eigenvalue weighted by molar-refractivity contribution is -0.145. The van der Waals surface area contributed by atoms with Gasteiger partial charge in [0.05, 0.1) is 7.11 Å². The average molecular weight is 416 g/mol. The maximum Gasteiger partial charge on any atom is 0.348 e. The summed E-state index contributed by atoms with van der Waals surface area (Å²) >= 11 is 1.44. The van der Waals surface area contributed by atoms with E-state index < -0.39 is 30.5 Å². The van der Waals surface area contributed by atoms with E-state index in [1.807, 2.05) is 36.4 Å². The van der Waals surface area contributed by atoms with E-state index in [9.17, 15) is 14.4 Å². The largest absolute Gasteiger partial charge is 0.467 e. The fourth-order valence-corrected chi connectivity index (χ4v) is 4.53. The van der Waals surface area contributed by atoms with Crippen LogP contribution in [0.15, 0.2) is 36.4 Å². The van der Waals surface area contributed by atoms with E-state index in [0.29, 0.717) is 17.2 Å². The Morgan fingerprint density at radius 1 is 1.24 bits per heavy atom. The normalized spacial score (nSPS) is 16.4. The Kier molecular flexibility index (Phi) is 7.04. The molecule has 1 N–H and O–H groups in total. The third-order valence-corrected chi connectivity index (χ3v) is 6.19. The lowest BCUT2D eigenvalue weighted by Crippen LogP contribution is -2.44. The van der Waals surface area contributed by atoms with E-state index in [0.717, 1.165) is 24.8 Å². The Bertz CT molecular complexity index is 877. The van der Waals surface area contributed by atoms with Crippen LogP contribution in [0.2, 0.25) is 0 Å². The Morgan fingerprint density at radius 3 is 2.72 bits per heavy atom. The number of hydrogen-bond donors (Lipinski definition) is 1. The minimum Gasteiger partial charge on any atom is -0.467 e. The van der Waals surface area contributed by atoms with E-state index in [-0.39, 0.29) is 0 Å². The van der Waals surface area contributed by atoms with Gasteiger partial charge in [0.15, 0.2) is 6.61 Å². The molecule has 0 saturated heterocycles. The number of thiophene rings is 1. The standard InChI is InChI=1S/C22H25NO5S/c1-14-8-9-18-16(10-14)12-19(29-18)22(26)28-13-20(24)23-17(21(25)27-2)11-15-6-4-3-5-7-15/h3-7,12,14,17H,8-11,13H2,1-2H3,(H,23,24)/t14-,17-/m0/s1. The van der Waals surface area contributed by atoms with Crippen LogP contribution < -0.4 is 5.32 Å². The van der Waals surface area contributed by atoms with Gasteiger partial charge in [0.1, 0.15) is 10.9 Å². The molecule has 7 heteroatoms. The molecule has 0 radical (unpaired) electrons. The molecule has 1 aliphatic carbocycles. The van der Waals surface area contributed by atoms with Crippen molar-refractivity contribution in [3.63, 3.8) is 0 Å². The predicted molar refractivity (Wildman–Crippen MR) is 110 cm³/mol. The van der Waals surface area contributed by atoms with Gasteiger partial charge in [0.2, 0.25) is 0 Å². The van der Waals surface area contributed by atoms with Gasteiger partial charge < -0.3 is 14.8 Å². The summed E-state index contributed by atoms with van der Waals surface area (Å²) in [5.74, 6) is -0.982. The van der Waals surface area contributed by atoms with Gasteiger partial charge in [-0.1, -0.05) is 37.3 Å². The van der Waals surface area contributed by atoms with E-state index in [1.165, 1.54) is 28.9 Å². The first-order valence-electron chi connectivity index (χ1n) is 9.66. The Labute approximate surface area is 174 Å². The van der Waals surface area contributed by atoms with Crippen molar-refractivity contribution in [2.45, 2.75) is 38.6 Å². The van der Waals surface area contributed by atoms with Crippen molar-refractivity contribution in [1.82, 2.24) is 5.32 Å². The van der Waals surface area contributed by atoms with E-state index >= 15 is 0 Å². The zero-order chi connectivity index (χ0) is 20.8. The zero-order valence-electron chi connectivity index (χ0n) is 16.6. The highest BCUT2D eigenvalue weighted by Gasteiger charge is 2.24.